The number of oxime groups is 1. The second-order valence-corrected chi connectivity index (χ2v) is 5.13. The zero-order valence-corrected chi connectivity index (χ0v) is 12.7. The molecule has 6 heteroatoms. The lowest BCUT2D eigenvalue weighted by Crippen LogP contribution is -2.18. The summed E-state index contributed by atoms with van der Waals surface area (Å²) in [5.74, 6) is 1.73. The molecule has 110 valence electrons. The maximum Gasteiger partial charge on any atom is 0.203 e. The van der Waals surface area contributed by atoms with Gasteiger partial charge in [-0.3, -0.25) is 0 Å². The number of nitrogens with zero attached hydrogens (tertiary/aromatic N) is 1. The van der Waals surface area contributed by atoms with E-state index >= 15 is 0 Å². The zero-order valence-electron chi connectivity index (χ0n) is 12.0. The standard InChI is InChI=1S/C14H18ClNO4/c1-8(15)12-7-10(16-20-12)9-5-6-11(17-2)14(19-4)13(9)18-3/h5-6,8,12H,7H2,1-4H3. The van der Waals surface area contributed by atoms with Crippen LogP contribution in [-0.2, 0) is 4.84 Å². The predicted molar refractivity (Wildman–Crippen MR) is 77.4 cm³/mol. The summed E-state index contributed by atoms with van der Waals surface area (Å²) in [4.78, 5) is 5.34. The van der Waals surface area contributed by atoms with Crippen LogP contribution in [0.1, 0.15) is 18.9 Å². The van der Waals surface area contributed by atoms with Gasteiger partial charge < -0.3 is 19.0 Å². The van der Waals surface area contributed by atoms with E-state index in [-0.39, 0.29) is 11.5 Å². The van der Waals surface area contributed by atoms with Gasteiger partial charge in [-0.05, 0) is 19.1 Å². The van der Waals surface area contributed by atoms with Crippen LogP contribution < -0.4 is 14.2 Å². The third-order valence-corrected chi connectivity index (χ3v) is 3.50. The molecule has 0 amide bonds. The normalized spacial score (nSPS) is 19.1. The van der Waals surface area contributed by atoms with E-state index in [1.165, 1.54) is 0 Å². The lowest BCUT2D eigenvalue weighted by atomic mass is 10.0. The Kier molecular flexibility index (Phi) is 4.60. The Balaban J connectivity index is 2.38. The average Bonchev–Trinajstić information content (AvgIpc) is 2.95. The Morgan fingerprint density at radius 2 is 1.90 bits per heavy atom. The molecule has 2 unspecified atom stereocenters. The minimum absolute atomic E-state index is 0.109. The minimum Gasteiger partial charge on any atom is -0.493 e. The Bertz CT molecular complexity index is 516. The van der Waals surface area contributed by atoms with Crippen molar-refractivity contribution in [3.8, 4) is 17.2 Å². The van der Waals surface area contributed by atoms with Crippen LogP contribution in [0.3, 0.4) is 0 Å². The van der Waals surface area contributed by atoms with Crippen molar-refractivity contribution in [2.45, 2.75) is 24.8 Å². The summed E-state index contributed by atoms with van der Waals surface area (Å²) in [5, 5.41) is 4.00. The summed E-state index contributed by atoms with van der Waals surface area (Å²) in [6, 6.07) is 3.69. The number of alkyl halides is 1. The van der Waals surface area contributed by atoms with Crippen LogP contribution in [0.4, 0.5) is 0 Å². The molecule has 5 nitrogen and oxygen atoms in total. The van der Waals surface area contributed by atoms with E-state index in [9.17, 15) is 0 Å². The van der Waals surface area contributed by atoms with Crippen molar-refractivity contribution in [1.82, 2.24) is 0 Å². The van der Waals surface area contributed by atoms with Crippen molar-refractivity contribution < 1.29 is 19.0 Å². The highest BCUT2D eigenvalue weighted by Gasteiger charge is 2.29. The molecule has 1 heterocycles. The number of hydrogen-bond donors (Lipinski definition) is 0. The summed E-state index contributed by atoms with van der Waals surface area (Å²) in [6.45, 7) is 1.89. The highest BCUT2D eigenvalue weighted by molar-refractivity contribution is 6.21. The van der Waals surface area contributed by atoms with Gasteiger partial charge in [0.05, 0.1) is 32.4 Å². The van der Waals surface area contributed by atoms with Gasteiger partial charge in [-0.1, -0.05) is 5.16 Å². The predicted octanol–water partition coefficient (Wildman–Crippen LogP) is 2.83. The van der Waals surface area contributed by atoms with E-state index in [0.717, 1.165) is 11.3 Å². The lowest BCUT2D eigenvalue weighted by molar-refractivity contribution is 0.0855. The van der Waals surface area contributed by atoms with E-state index < -0.39 is 0 Å². The summed E-state index contributed by atoms with van der Waals surface area (Å²) in [7, 11) is 4.73. The van der Waals surface area contributed by atoms with Crippen molar-refractivity contribution in [3.63, 3.8) is 0 Å². The average molecular weight is 300 g/mol. The molecule has 1 aliphatic rings. The maximum atomic E-state index is 6.04. The Hall–Kier alpha value is -1.62. The smallest absolute Gasteiger partial charge is 0.203 e. The van der Waals surface area contributed by atoms with Gasteiger partial charge in [-0.2, -0.15) is 0 Å². The van der Waals surface area contributed by atoms with Gasteiger partial charge >= 0.3 is 0 Å². The van der Waals surface area contributed by atoms with Crippen LogP contribution in [0.15, 0.2) is 17.3 Å². The van der Waals surface area contributed by atoms with Crippen LogP contribution in [0.2, 0.25) is 0 Å². The molecule has 0 saturated carbocycles. The molecule has 0 aromatic heterocycles. The molecule has 2 atom stereocenters. The molecular weight excluding hydrogens is 282 g/mol. The number of halogens is 1. The van der Waals surface area contributed by atoms with Crippen LogP contribution >= 0.6 is 11.6 Å². The van der Waals surface area contributed by atoms with E-state index in [1.807, 2.05) is 19.1 Å². The largest absolute Gasteiger partial charge is 0.493 e. The molecule has 0 N–H and O–H groups in total. The molecule has 2 rings (SSSR count). The van der Waals surface area contributed by atoms with Crippen molar-refractivity contribution in [1.29, 1.82) is 0 Å². The fraction of sp³-hybridized carbons (Fsp3) is 0.500. The number of ether oxygens (including phenoxy) is 3. The Morgan fingerprint density at radius 1 is 1.20 bits per heavy atom. The quantitative estimate of drug-likeness (QED) is 0.785. The molecule has 20 heavy (non-hydrogen) atoms. The summed E-state index contributed by atoms with van der Waals surface area (Å²) in [5.41, 5.74) is 1.62. The highest BCUT2D eigenvalue weighted by atomic mass is 35.5. The van der Waals surface area contributed by atoms with Crippen molar-refractivity contribution >= 4 is 17.3 Å². The molecule has 0 fully saturated rings. The van der Waals surface area contributed by atoms with Crippen LogP contribution in [0.5, 0.6) is 17.2 Å². The molecule has 0 spiro atoms. The topological polar surface area (TPSA) is 49.3 Å². The summed E-state index contributed by atoms with van der Waals surface area (Å²) < 4.78 is 16.1. The Labute approximate surface area is 123 Å². The fourth-order valence-corrected chi connectivity index (χ4v) is 2.27. The van der Waals surface area contributed by atoms with E-state index in [4.69, 9.17) is 30.6 Å². The van der Waals surface area contributed by atoms with Crippen LogP contribution in [-0.4, -0.2) is 38.5 Å². The third-order valence-electron chi connectivity index (χ3n) is 3.22. The molecule has 1 aromatic rings. The number of methoxy groups -OCH3 is 3. The highest BCUT2D eigenvalue weighted by Crippen LogP contribution is 2.41. The van der Waals surface area contributed by atoms with Gasteiger partial charge in [0, 0.05) is 12.0 Å². The molecule has 0 radical (unpaired) electrons. The third kappa shape index (κ3) is 2.63. The van der Waals surface area contributed by atoms with Crippen molar-refractivity contribution in [2.24, 2.45) is 5.16 Å². The van der Waals surface area contributed by atoms with E-state index in [1.54, 1.807) is 21.3 Å². The number of benzene rings is 1. The first-order valence-electron chi connectivity index (χ1n) is 6.28. The first-order chi connectivity index (χ1) is 9.62. The number of rotatable bonds is 5. The second kappa shape index (κ2) is 6.22. The summed E-state index contributed by atoms with van der Waals surface area (Å²) in [6.07, 6.45) is 0.515. The van der Waals surface area contributed by atoms with Gasteiger partial charge in [0.2, 0.25) is 5.75 Å². The Morgan fingerprint density at radius 3 is 2.40 bits per heavy atom. The van der Waals surface area contributed by atoms with Crippen molar-refractivity contribution in [3.05, 3.63) is 17.7 Å². The summed E-state index contributed by atoms with van der Waals surface area (Å²) >= 11 is 6.04. The molecular formula is C14H18ClNO4. The molecule has 0 bridgehead atoms. The van der Waals surface area contributed by atoms with Gasteiger partial charge in [0.1, 0.15) is 6.10 Å². The second-order valence-electron chi connectivity index (χ2n) is 4.45. The van der Waals surface area contributed by atoms with Gasteiger partial charge in [0.15, 0.2) is 11.5 Å². The van der Waals surface area contributed by atoms with Crippen LogP contribution in [0.25, 0.3) is 0 Å². The molecule has 0 aliphatic carbocycles. The molecule has 1 aliphatic heterocycles. The minimum atomic E-state index is -0.121. The first kappa shape index (κ1) is 14.8. The maximum absolute atomic E-state index is 6.04. The van der Waals surface area contributed by atoms with Gasteiger partial charge in [-0.15, -0.1) is 11.6 Å². The van der Waals surface area contributed by atoms with Crippen molar-refractivity contribution in [2.75, 3.05) is 21.3 Å². The molecule has 1 aromatic carbocycles. The van der Waals surface area contributed by atoms with Gasteiger partial charge in [-0.25, -0.2) is 0 Å². The van der Waals surface area contributed by atoms with E-state index in [0.29, 0.717) is 23.7 Å². The SMILES string of the molecule is COc1ccc(C2=NOC(C(C)Cl)C2)c(OC)c1OC. The first-order valence-corrected chi connectivity index (χ1v) is 6.72. The fourth-order valence-electron chi connectivity index (χ4n) is 2.13. The monoisotopic (exact) mass is 299 g/mol. The van der Waals surface area contributed by atoms with E-state index in [2.05, 4.69) is 5.16 Å². The van der Waals surface area contributed by atoms with Crippen LogP contribution in [0, 0.1) is 0 Å². The lowest BCUT2D eigenvalue weighted by Gasteiger charge is -2.15. The number of hydrogen-bond acceptors (Lipinski definition) is 5. The zero-order chi connectivity index (χ0) is 14.7. The molecule has 0 saturated heterocycles. The van der Waals surface area contributed by atoms with Gasteiger partial charge in [0.25, 0.3) is 0 Å².